The van der Waals surface area contributed by atoms with Crippen LogP contribution in [0.2, 0.25) is 0 Å². The van der Waals surface area contributed by atoms with Crippen LogP contribution in [-0.2, 0) is 22.0 Å². The van der Waals surface area contributed by atoms with E-state index < -0.39 is 41.8 Å². The van der Waals surface area contributed by atoms with Gasteiger partial charge in [-0.25, -0.2) is 4.79 Å². The van der Waals surface area contributed by atoms with Gasteiger partial charge in [-0.2, -0.15) is 22.0 Å². The molecule has 1 unspecified atom stereocenters. The number of halogens is 5. The van der Waals surface area contributed by atoms with Crippen molar-refractivity contribution < 1.29 is 45.6 Å². The van der Waals surface area contributed by atoms with E-state index >= 15 is 0 Å². The fourth-order valence-electron chi connectivity index (χ4n) is 8.79. The molecule has 6 atom stereocenters. The molecule has 0 aromatic heterocycles. The van der Waals surface area contributed by atoms with Gasteiger partial charge in [-0.3, -0.25) is 9.00 Å². The Bertz CT molecular complexity index is 1300. The molecule has 1 heterocycles. The fraction of sp³-hybridized carbons (Fsp3) is 0.765. The summed E-state index contributed by atoms with van der Waals surface area (Å²) in [6, 6.07) is 6.10. The number of likely N-dealkylation sites (tertiary alicyclic amines) is 1. The quantitative estimate of drug-likeness (QED) is 0.247. The lowest BCUT2D eigenvalue weighted by Crippen LogP contribution is -2.46. The molecule has 7 nitrogen and oxygen atoms in total. The third kappa shape index (κ3) is 8.03. The minimum atomic E-state index is -5.60. The Hall–Kier alpha value is -2.12. The lowest BCUT2D eigenvalue weighted by Gasteiger charge is -2.51. The van der Waals surface area contributed by atoms with E-state index in [4.69, 9.17) is 9.84 Å². The Labute approximate surface area is 275 Å². The molecule has 1 aromatic carbocycles. The highest BCUT2D eigenvalue weighted by atomic mass is 32.2. The van der Waals surface area contributed by atoms with E-state index in [9.17, 15) is 35.8 Å². The first-order valence-corrected chi connectivity index (χ1v) is 18.5. The van der Waals surface area contributed by atoms with E-state index in [1.54, 1.807) is 4.90 Å². The maximum atomic E-state index is 13.3. The molecule has 1 saturated heterocycles. The third-order valence-corrected chi connectivity index (χ3v) is 12.8. The second kappa shape index (κ2) is 14.8. The smallest absolute Gasteiger partial charge is 0.410 e. The molecule has 13 heteroatoms. The van der Waals surface area contributed by atoms with Crippen LogP contribution in [0.15, 0.2) is 18.2 Å². The van der Waals surface area contributed by atoms with Gasteiger partial charge in [0.15, 0.2) is 0 Å². The highest BCUT2D eigenvalue weighted by Crippen LogP contribution is 2.61. The van der Waals surface area contributed by atoms with Crippen LogP contribution in [0.25, 0.3) is 0 Å². The second-order valence-electron chi connectivity index (χ2n) is 14.1. The van der Waals surface area contributed by atoms with Crippen LogP contribution >= 0.6 is 0 Å². The van der Waals surface area contributed by atoms with Gasteiger partial charge < -0.3 is 20.1 Å². The highest BCUT2D eigenvalue weighted by molar-refractivity contribution is 7.84. The summed E-state index contributed by atoms with van der Waals surface area (Å²) in [7, 11) is -1.51. The summed E-state index contributed by atoms with van der Waals surface area (Å²) in [5, 5.41) is 12.3. The predicted octanol–water partition coefficient (Wildman–Crippen LogP) is 6.39. The minimum Gasteiger partial charge on any atom is -0.410 e. The van der Waals surface area contributed by atoms with Gasteiger partial charge in [-0.1, -0.05) is 13.0 Å². The summed E-state index contributed by atoms with van der Waals surface area (Å²) >= 11 is 0. The molecule has 5 rings (SSSR count). The maximum absolute atomic E-state index is 13.3. The van der Waals surface area contributed by atoms with E-state index in [2.05, 4.69) is 18.3 Å². The van der Waals surface area contributed by atoms with Crippen LogP contribution in [0, 0.1) is 23.2 Å². The zero-order valence-electron chi connectivity index (χ0n) is 27.0. The molecule has 1 aromatic rings. The van der Waals surface area contributed by atoms with E-state index in [0.717, 1.165) is 37.7 Å². The molecular formula is C34H47F5N2O5S. The normalized spacial score (nSPS) is 28.8. The number of Topliss-reactive ketones (excluding diaryl/α,β-unsaturated/α-hetero) is 1. The van der Waals surface area contributed by atoms with Crippen LogP contribution in [0.1, 0.15) is 88.2 Å². The van der Waals surface area contributed by atoms with Gasteiger partial charge in [-0.05, 0) is 105 Å². The van der Waals surface area contributed by atoms with Crippen molar-refractivity contribution in [2.75, 3.05) is 37.7 Å². The number of rotatable bonds is 12. The van der Waals surface area contributed by atoms with Gasteiger partial charge in [0.1, 0.15) is 11.5 Å². The summed E-state index contributed by atoms with van der Waals surface area (Å²) in [6.45, 7) is 3.80. The molecular weight excluding hydrogens is 643 g/mol. The number of aliphatic hydroxyl groups is 1. The number of nitrogens with one attached hydrogen (secondary N) is 1. The summed E-state index contributed by atoms with van der Waals surface area (Å²) in [5.41, 5.74) is 1.95. The molecule has 3 aliphatic carbocycles. The van der Waals surface area contributed by atoms with Crippen LogP contribution in [0.3, 0.4) is 0 Å². The van der Waals surface area contributed by atoms with Crippen LogP contribution in [-0.4, -0.2) is 82.0 Å². The maximum Gasteiger partial charge on any atom is 0.453 e. The third-order valence-electron chi connectivity index (χ3n) is 11.3. The molecule has 0 bridgehead atoms. The Morgan fingerprint density at radius 2 is 1.83 bits per heavy atom. The first kappa shape index (κ1) is 36.2. The van der Waals surface area contributed by atoms with E-state index in [-0.39, 0.29) is 53.2 Å². The monoisotopic (exact) mass is 690 g/mol. The number of amides is 1. The lowest BCUT2D eigenvalue weighted by molar-refractivity contribution is -0.284. The molecule has 0 radical (unpaired) electrons. The standard InChI is InChI=1S/C34H47F5N2O5S/c1-32-13-9-27-26-6-5-25(46-31(44)41-15-10-24(11-16-41)40-14-17-42)21-23(26)20-22(30(27)28(32)7-8-29(32)43)4-2-18-47(45)19-3-12-33(35,36)34(37,38)39/h5-6,21-22,24,27-28,30,40,42H,2-4,7-20H2,1H3/t22-,27-,28+,30-,32+,47?/m1/s1. The SMILES string of the molecule is C[C@]12CC[C@@H]3c4ccc(OC(=O)N5CCC(NCCO)CC5)cc4C[C@@H](CCCS(=O)CCCC(F)(F)C(F)(F)F)[C@H]3[C@@H]1CCC2=O. The molecule has 264 valence electrons. The number of ketones is 1. The van der Waals surface area contributed by atoms with Gasteiger partial charge in [0.05, 0.1) is 6.61 Å². The zero-order valence-corrected chi connectivity index (χ0v) is 27.8. The molecule has 47 heavy (non-hydrogen) atoms. The summed E-state index contributed by atoms with van der Waals surface area (Å²) in [5.74, 6) is -3.08. The van der Waals surface area contributed by atoms with Crippen LogP contribution in [0.5, 0.6) is 5.75 Å². The van der Waals surface area contributed by atoms with Crippen molar-refractivity contribution in [2.24, 2.45) is 23.2 Å². The number of nitrogens with zero attached hydrogens (tertiary/aromatic N) is 1. The number of aliphatic hydroxyl groups excluding tert-OH is 1. The summed E-state index contributed by atoms with van der Waals surface area (Å²) in [4.78, 5) is 27.7. The Morgan fingerprint density at radius 1 is 1.11 bits per heavy atom. The van der Waals surface area contributed by atoms with Gasteiger partial charge in [0.25, 0.3) is 0 Å². The van der Waals surface area contributed by atoms with Gasteiger partial charge in [-0.15, -0.1) is 0 Å². The number of carbonyl (C=O) groups is 2. The van der Waals surface area contributed by atoms with Crippen molar-refractivity contribution in [3.05, 3.63) is 29.3 Å². The van der Waals surface area contributed by atoms with Crippen molar-refractivity contribution >= 4 is 22.7 Å². The number of piperidine rings is 1. The van der Waals surface area contributed by atoms with E-state index in [1.165, 1.54) is 5.56 Å². The Kier molecular flexibility index (Phi) is 11.4. The molecule has 4 aliphatic rings. The summed E-state index contributed by atoms with van der Waals surface area (Å²) in [6.07, 6.45) is -1.25. The molecule has 2 N–H and O–H groups in total. The minimum absolute atomic E-state index is 0.0682. The van der Waals surface area contributed by atoms with E-state index in [1.807, 2.05) is 12.1 Å². The Morgan fingerprint density at radius 3 is 2.53 bits per heavy atom. The van der Waals surface area contributed by atoms with Gasteiger partial charge in [0, 0.05) is 66.2 Å². The number of benzene rings is 1. The van der Waals surface area contributed by atoms with Gasteiger partial charge in [0.2, 0.25) is 0 Å². The lowest BCUT2D eigenvalue weighted by atomic mass is 9.52. The second-order valence-corrected chi connectivity index (χ2v) is 15.8. The molecule has 1 amide bonds. The number of carbonyl (C=O) groups excluding carboxylic acids is 2. The average Bonchev–Trinajstić information content (AvgIpc) is 3.33. The Balaban J connectivity index is 1.23. The number of ether oxygens (including phenoxy) is 1. The molecule has 0 spiro atoms. The van der Waals surface area contributed by atoms with E-state index in [0.29, 0.717) is 56.9 Å². The highest BCUT2D eigenvalue weighted by Gasteiger charge is 2.57. The molecule has 2 saturated carbocycles. The van der Waals surface area contributed by atoms with Crippen molar-refractivity contribution in [3.8, 4) is 5.75 Å². The van der Waals surface area contributed by atoms with Crippen LogP contribution in [0.4, 0.5) is 26.7 Å². The largest absolute Gasteiger partial charge is 0.453 e. The first-order valence-electron chi connectivity index (χ1n) is 17.0. The van der Waals surface area contributed by atoms with Crippen molar-refractivity contribution in [3.63, 3.8) is 0 Å². The number of fused-ring (bicyclic) bond motifs is 5. The number of hydrogen-bond donors (Lipinski definition) is 2. The number of alkyl halides is 5. The zero-order chi connectivity index (χ0) is 34.0. The van der Waals surface area contributed by atoms with Crippen molar-refractivity contribution in [2.45, 2.75) is 102 Å². The summed E-state index contributed by atoms with van der Waals surface area (Å²) < 4.78 is 82.4. The average molecular weight is 691 g/mol. The molecule has 3 fully saturated rings. The van der Waals surface area contributed by atoms with Crippen molar-refractivity contribution in [1.82, 2.24) is 10.2 Å². The van der Waals surface area contributed by atoms with Crippen molar-refractivity contribution in [1.29, 1.82) is 0 Å². The molecule has 1 aliphatic heterocycles. The fourth-order valence-corrected chi connectivity index (χ4v) is 9.95. The first-order chi connectivity index (χ1) is 22.2. The predicted molar refractivity (Wildman–Crippen MR) is 168 cm³/mol. The topological polar surface area (TPSA) is 95.9 Å². The van der Waals surface area contributed by atoms with Gasteiger partial charge >= 0.3 is 18.2 Å². The van der Waals surface area contributed by atoms with Crippen LogP contribution < -0.4 is 10.1 Å². The number of hydrogen-bond acceptors (Lipinski definition) is 6.